The zero-order valence-electron chi connectivity index (χ0n) is 4.11. The molecule has 42 valence electrons. The molecule has 0 aliphatic carbocycles. The first kappa shape index (κ1) is 4.99. The van der Waals surface area contributed by atoms with Gasteiger partial charge in [0.1, 0.15) is 0 Å². The third-order valence-electron chi connectivity index (χ3n) is 0.693. The average Bonchev–Trinajstić information content (AvgIpc) is 1.90. The zero-order valence-corrected chi connectivity index (χ0v) is 4.11. The maximum Gasteiger partial charge on any atom is 0.168 e. The Kier molecular flexibility index (Phi) is 1.39. The van der Waals surface area contributed by atoms with E-state index >= 15 is 0 Å². The minimum atomic E-state index is 0.514. The molecule has 1 rings (SSSR count). The first-order valence-corrected chi connectivity index (χ1v) is 2.07. The maximum atomic E-state index is 4.78. The molecular weight excluding hydrogens is 106 g/mol. The van der Waals surface area contributed by atoms with Crippen LogP contribution < -0.4 is 10.7 Å². The van der Waals surface area contributed by atoms with E-state index in [9.17, 15) is 0 Å². The van der Waals surface area contributed by atoms with Crippen molar-refractivity contribution in [3.8, 4) is 5.75 Å². The third-order valence-corrected chi connectivity index (χ3v) is 0.693. The van der Waals surface area contributed by atoms with E-state index in [-0.39, 0.29) is 0 Å². The Balaban J connectivity index is 2.83. The van der Waals surface area contributed by atoms with E-state index in [1.165, 1.54) is 12.4 Å². The molecule has 4 nitrogen and oxygen atoms in total. The second kappa shape index (κ2) is 2.23. The minimum Gasteiger partial charge on any atom is -0.410 e. The second-order valence-electron chi connectivity index (χ2n) is 1.20. The molecule has 2 N–H and O–H groups in total. The molecule has 0 aliphatic heterocycles. The summed E-state index contributed by atoms with van der Waals surface area (Å²) in [6.07, 6.45) is 2.93. The van der Waals surface area contributed by atoms with Gasteiger partial charge in [-0.2, -0.15) is 16.1 Å². The molecule has 8 heavy (non-hydrogen) atoms. The van der Waals surface area contributed by atoms with Gasteiger partial charge >= 0.3 is 0 Å². The van der Waals surface area contributed by atoms with Crippen LogP contribution in [0.15, 0.2) is 18.5 Å². The van der Waals surface area contributed by atoms with Gasteiger partial charge in [0.05, 0.1) is 12.4 Å². The molecule has 0 atom stereocenters. The van der Waals surface area contributed by atoms with Crippen LogP contribution in [0.3, 0.4) is 0 Å². The van der Waals surface area contributed by atoms with Crippen LogP contribution in [0.25, 0.3) is 0 Å². The van der Waals surface area contributed by atoms with Crippen LogP contribution in [0.1, 0.15) is 0 Å². The van der Waals surface area contributed by atoms with Gasteiger partial charge in [0.15, 0.2) is 5.75 Å². The van der Waals surface area contributed by atoms with Crippen molar-refractivity contribution in [2.45, 2.75) is 0 Å². The van der Waals surface area contributed by atoms with Crippen molar-refractivity contribution in [3.63, 3.8) is 0 Å². The van der Waals surface area contributed by atoms with Crippen LogP contribution in [0.4, 0.5) is 0 Å². The lowest BCUT2D eigenvalue weighted by Crippen LogP contribution is -2.01. The molecule has 0 aliphatic rings. The maximum absolute atomic E-state index is 4.78. The molecular formula is C4H5N3O. The van der Waals surface area contributed by atoms with Crippen molar-refractivity contribution in [3.05, 3.63) is 18.5 Å². The van der Waals surface area contributed by atoms with Crippen molar-refractivity contribution in [1.29, 1.82) is 0 Å². The first-order valence-electron chi connectivity index (χ1n) is 2.07. The highest BCUT2D eigenvalue weighted by Gasteiger charge is 1.83. The fourth-order valence-electron chi connectivity index (χ4n) is 0.348. The number of aromatic nitrogens is 2. The number of nitrogens with zero attached hydrogens (tertiary/aromatic N) is 2. The van der Waals surface area contributed by atoms with Gasteiger partial charge < -0.3 is 4.84 Å². The number of rotatable bonds is 1. The summed E-state index contributed by atoms with van der Waals surface area (Å²) in [5.41, 5.74) is 0. The predicted molar refractivity (Wildman–Crippen MR) is 26.8 cm³/mol. The summed E-state index contributed by atoms with van der Waals surface area (Å²) < 4.78 is 0. The largest absolute Gasteiger partial charge is 0.410 e. The Labute approximate surface area is 46.2 Å². The van der Waals surface area contributed by atoms with E-state index in [2.05, 4.69) is 15.0 Å². The molecule has 0 aromatic carbocycles. The van der Waals surface area contributed by atoms with Gasteiger partial charge in [0.25, 0.3) is 0 Å². The summed E-state index contributed by atoms with van der Waals surface area (Å²) in [6, 6.07) is 1.62. The Morgan fingerprint density at radius 1 is 1.50 bits per heavy atom. The normalized spacial score (nSPS) is 8.62. The van der Waals surface area contributed by atoms with E-state index in [4.69, 9.17) is 5.90 Å². The van der Waals surface area contributed by atoms with Crippen molar-refractivity contribution >= 4 is 0 Å². The Morgan fingerprint density at radius 3 is 2.75 bits per heavy atom. The molecule has 0 fully saturated rings. The highest BCUT2D eigenvalue weighted by Crippen LogP contribution is 1.99. The van der Waals surface area contributed by atoms with E-state index in [1.54, 1.807) is 6.07 Å². The minimum absolute atomic E-state index is 0.514. The Hall–Kier alpha value is -1.16. The van der Waals surface area contributed by atoms with Crippen molar-refractivity contribution in [1.82, 2.24) is 10.2 Å². The highest BCUT2D eigenvalue weighted by atomic mass is 16.6. The molecule has 0 radical (unpaired) electrons. The summed E-state index contributed by atoms with van der Waals surface area (Å²) in [6.45, 7) is 0. The van der Waals surface area contributed by atoms with E-state index < -0.39 is 0 Å². The van der Waals surface area contributed by atoms with E-state index in [1.807, 2.05) is 0 Å². The van der Waals surface area contributed by atoms with Crippen LogP contribution in [-0.2, 0) is 0 Å². The number of hydrogen-bond acceptors (Lipinski definition) is 4. The lowest BCUT2D eigenvalue weighted by molar-refractivity contribution is 0.332. The molecule has 0 saturated carbocycles. The predicted octanol–water partition coefficient (Wildman–Crippen LogP) is -0.271. The smallest absolute Gasteiger partial charge is 0.168 e. The van der Waals surface area contributed by atoms with Crippen LogP contribution in [0.5, 0.6) is 5.75 Å². The summed E-state index contributed by atoms with van der Waals surface area (Å²) in [5.74, 6) is 5.30. The van der Waals surface area contributed by atoms with Gasteiger partial charge in [-0.1, -0.05) is 0 Å². The van der Waals surface area contributed by atoms with Gasteiger partial charge in [-0.25, -0.2) is 0 Å². The molecule has 0 spiro atoms. The number of nitrogens with two attached hydrogens (primary N) is 1. The topological polar surface area (TPSA) is 61.0 Å². The molecule has 1 heterocycles. The highest BCUT2D eigenvalue weighted by molar-refractivity contribution is 5.11. The van der Waals surface area contributed by atoms with Crippen LogP contribution in [0, 0.1) is 0 Å². The van der Waals surface area contributed by atoms with Crippen LogP contribution in [-0.4, -0.2) is 10.2 Å². The summed E-state index contributed by atoms with van der Waals surface area (Å²) in [4.78, 5) is 4.31. The van der Waals surface area contributed by atoms with E-state index in [0.29, 0.717) is 5.75 Å². The SMILES string of the molecule is NOc1ccnnc1. The van der Waals surface area contributed by atoms with Crippen LogP contribution in [0.2, 0.25) is 0 Å². The lowest BCUT2D eigenvalue weighted by atomic mass is 10.5. The van der Waals surface area contributed by atoms with Crippen LogP contribution >= 0.6 is 0 Å². The summed E-state index contributed by atoms with van der Waals surface area (Å²) >= 11 is 0. The van der Waals surface area contributed by atoms with Crippen molar-refractivity contribution in [2.75, 3.05) is 0 Å². The Morgan fingerprint density at radius 2 is 2.38 bits per heavy atom. The second-order valence-corrected chi connectivity index (χ2v) is 1.20. The molecule has 0 saturated heterocycles. The fourth-order valence-corrected chi connectivity index (χ4v) is 0.348. The fraction of sp³-hybridized carbons (Fsp3) is 0. The lowest BCUT2D eigenvalue weighted by Gasteiger charge is -1.91. The van der Waals surface area contributed by atoms with Gasteiger partial charge in [0, 0.05) is 6.07 Å². The first-order chi connectivity index (χ1) is 3.93. The van der Waals surface area contributed by atoms with Crippen molar-refractivity contribution < 1.29 is 4.84 Å². The van der Waals surface area contributed by atoms with Gasteiger partial charge in [0.2, 0.25) is 0 Å². The molecule has 0 unspecified atom stereocenters. The molecule has 1 aromatic rings. The zero-order chi connectivity index (χ0) is 5.82. The number of hydrogen-bond donors (Lipinski definition) is 1. The van der Waals surface area contributed by atoms with E-state index in [0.717, 1.165) is 0 Å². The molecule has 0 bridgehead atoms. The van der Waals surface area contributed by atoms with Gasteiger partial charge in [-0.05, 0) is 0 Å². The van der Waals surface area contributed by atoms with Crippen molar-refractivity contribution in [2.24, 2.45) is 5.90 Å². The average molecular weight is 111 g/mol. The quantitative estimate of drug-likeness (QED) is 0.507. The summed E-state index contributed by atoms with van der Waals surface area (Å²) in [5, 5.41) is 7.01. The summed E-state index contributed by atoms with van der Waals surface area (Å²) in [7, 11) is 0. The monoisotopic (exact) mass is 111 g/mol. The van der Waals surface area contributed by atoms with Gasteiger partial charge in [-0.3, -0.25) is 0 Å². The van der Waals surface area contributed by atoms with Gasteiger partial charge in [-0.15, -0.1) is 0 Å². The molecule has 0 amide bonds. The molecule has 4 heteroatoms. The third kappa shape index (κ3) is 0.913. The standard InChI is InChI=1S/C4H5N3O/c5-8-4-1-2-6-7-3-4/h1-3H,5H2. The Bertz CT molecular complexity index is 153. The molecule has 1 aromatic heterocycles.